The molecule has 0 aliphatic rings. The Kier molecular flexibility index (Phi) is 5.50. The van der Waals surface area contributed by atoms with Crippen LogP contribution in [-0.2, 0) is 0 Å². The van der Waals surface area contributed by atoms with Crippen molar-refractivity contribution in [2.75, 3.05) is 0 Å². The molecule has 2 heteroatoms. The van der Waals surface area contributed by atoms with E-state index in [1.165, 1.54) is 16.5 Å². The van der Waals surface area contributed by atoms with Crippen LogP contribution in [0.4, 0.5) is 0 Å². The highest BCUT2D eigenvalue weighted by Crippen LogP contribution is 2.24. The zero-order chi connectivity index (χ0) is 12.1. The molecule has 1 unspecified atom stereocenters. The highest BCUT2D eigenvalue weighted by Gasteiger charge is 2.15. The number of halogens is 1. The Morgan fingerprint density at radius 3 is 2.31 bits per heavy atom. The van der Waals surface area contributed by atoms with Crippen LogP contribution in [0.5, 0.6) is 0 Å². The maximum Gasteiger partial charge on any atom is 0.0305 e. The second-order valence-electron chi connectivity index (χ2n) is 4.67. The molecule has 1 aromatic carbocycles. The van der Waals surface area contributed by atoms with Gasteiger partial charge in [0.2, 0.25) is 0 Å². The molecule has 2 atom stereocenters. The van der Waals surface area contributed by atoms with Crippen molar-refractivity contribution in [2.45, 2.75) is 46.2 Å². The molecule has 0 saturated heterocycles. The first-order chi connectivity index (χ1) is 7.56. The van der Waals surface area contributed by atoms with Crippen molar-refractivity contribution in [2.24, 2.45) is 5.92 Å². The molecule has 0 saturated carbocycles. The fourth-order valence-electron chi connectivity index (χ4n) is 2.02. The third kappa shape index (κ3) is 3.60. The summed E-state index contributed by atoms with van der Waals surface area (Å²) in [5.41, 5.74) is 1.33. The number of benzene rings is 1. The first-order valence-corrected chi connectivity index (χ1v) is 6.86. The van der Waals surface area contributed by atoms with Gasteiger partial charge in [-0.2, -0.15) is 0 Å². The molecule has 0 spiro atoms. The van der Waals surface area contributed by atoms with Gasteiger partial charge in [-0.25, -0.2) is 0 Å². The number of hydrogen-bond acceptors (Lipinski definition) is 1. The molecule has 90 valence electrons. The average Bonchev–Trinajstić information content (AvgIpc) is 2.25. The van der Waals surface area contributed by atoms with Crippen LogP contribution in [0.3, 0.4) is 0 Å². The van der Waals surface area contributed by atoms with Crippen molar-refractivity contribution in [1.82, 2.24) is 5.32 Å². The van der Waals surface area contributed by atoms with E-state index in [1.807, 2.05) is 0 Å². The fourth-order valence-corrected chi connectivity index (χ4v) is 2.65. The molecule has 0 bridgehead atoms. The van der Waals surface area contributed by atoms with Crippen molar-refractivity contribution in [3.8, 4) is 0 Å². The Labute approximate surface area is 108 Å². The average molecular weight is 284 g/mol. The molecule has 0 heterocycles. The Morgan fingerprint density at radius 1 is 1.19 bits per heavy atom. The molecule has 0 aliphatic carbocycles. The van der Waals surface area contributed by atoms with Gasteiger partial charge < -0.3 is 5.32 Å². The van der Waals surface area contributed by atoms with Gasteiger partial charge in [0.15, 0.2) is 0 Å². The van der Waals surface area contributed by atoms with Gasteiger partial charge in [-0.3, -0.25) is 0 Å². The van der Waals surface area contributed by atoms with E-state index >= 15 is 0 Å². The van der Waals surface area contributed by atoms with E-state index in [0.29, 0.717) is 18.0 Å². The summed E-state index contributed by atoms with van der Waals surface area (Å²) < 4.78 is 1.19. The smallest absolute Gasteiger partial charge is 0.0305 e. The first kappa shape index (κ1) is 13.7. The largest absolute Gasteiger partial charge is 0.307 e. The van der Waals surface area contributed by atoms with Crippen LogP contribution in [0.15, 0.2) is 28.7 Å². The summed E-state index contributed by atoms with van der Waals surface area (Å²) in [4.78, 5) is 0. The Morgan fingerprint density at radius 2 is 1.81 bits per heavy atom. The van der Waals surface area contributed by atoms with E-state index < -0.39 is 0 Å². The Balaban J connectivity index is 2.72. The molecular formula is C14H22BrN. The predicted molar refractivity (Wildman–Crippen MR) is 74.6 cm³/mol. The van der Waals surface area contributed by atoms with Crippen LogP contribution >= 0.6 is 15.9 Å². The van der Waals surface area contributed by atoms with Crippen LogP contribution in [-0.4, -0.2) is 6.04 Å². The lowest BCUT2D eigenvalue weighted by Crippen LogP contribution is -2.35. The van der Waals surface area contributed by atoms with Crippen LogP contribution in [0.2, 0.25) is 0 Å². The molecule has 0 fully saturated rings. The summed E-state index contributed by atoms with van der Waals surface area (Å²) in [6.07, 6.45) is 1.17. The molecule has 0 aromatic heterocycles. The van der Waals surface area contributed by atoms with E-state index in [4.69, 9.17) is 0 Å². The van der Waals surface area contributed by atoms with Crippen LogP contribution in [0.25, 0.3) is 0 Å². The maximum atomic E-state index is 3.69. The van der Waals surface area contributed by atoms with Crippen LogP contribution in [0.1, 0.15) is 45.7 Å². The minimum atomic E-state index is 0.392. The van der Waals surface area contributed by atoms with Crippen LogP contribution in [0, 0.1) is 5.92 Å². The summed E-state index contributed by atoms with van der Waals surface area (Å²) in [5.74, 6) is 0.676. The summed E-state index contributed by atoms with van der Waals surface area (Å²) >= 11 is 3.61. The highest BCUT2D eigenvalue weighted by atomic mass is 79.9. The first-order valence-electron chi connectivity index (χ1n) is 6.06. The van der Waals surface area contributed by atoms with Gasteiger partial charge in [-0.1, -0.05) is 54.9 Å². The molecule has 0 aliphatic heterocycles. The standard InChI is InChI=1S/C14H22BrN/c1-5-14(10(2)3)16-11(4)12-8-6-7-9-13(12)15/h6-11,14,16H,5H2,1-4H3/t11-,14?/m1/s1. The predicted octanol–water partition coefficient (Wildman–Crippen LogP) is 4.53. The normalized spacial score (nSPS) is 15.1. The van der Waals surface area contributed by atoms with E-state index in [9.17, 15) is 0 Å². The molecule has 1 N–H and O–H groups in total. The van der Waals surface area contributed by atoms with Crippen LogP contribution < -0.4 is 5.32 Å². The lowest BCUT2D eigenvalue weighted by molar-refractivity contribution is 0.355. The topological polar surface area (TPSA) is 12.0 Å². The molecule has 0 radical (unpaired) electrons. The van der Waals surface area contributed by atoms with Crippen molar-refractivity contribution in [3.63, 3.8) is 0 Å². The lowest BCUT2D eigenvalue weighted by Gasteiger charge is -2.26. The Bertz CT molecular complexity index is 322. The summed E-state index contributed by atoms with van der Waals surface area (Å²) in [5, 5.41) is 3.69. The van der Waals surface area contributed by atoms with Crippen molar-refractivity contribution in [1.29, 1.82) is 0 Å². The van der Waals surface area contributed by atoms with Gasteiger partial charge in [0.1, 0.15) is 0 Å². The van der Waals surface area contributed by atoms with Gasteiger partial charge in [-0.15, -0.1) is 0 Å². The minimum absolute atomic E-state index is 0.392. The maximum absolute atomic E-state index is 3.69. The van der Waals surface area contributed by atoms with Gasteiger partial charge in [0.25, 0.3) is 0 Å². The number of rotatable bonds is 5. The molecule has 1 aromatic rings. The van der Waals surface area contributed by atoms with E-state index in [0.717, 1.165) is 0 Å². The van der Waals surface area contributed by atoms with E-state index in [-0.39, 0.29) is 0 Å². The zero-order valence-electron chi connectivity index (χ0n) is 10.6. The van der Waals surface area contributed by atoms with Gasteiger partial charge >= 0.3 is 0 Å². The van der Waals surface area contributed by atoms with Gasteiger partial charge in [-0.05, 0) is 30.9 Å². The van der Waals surface area contributed by atoms with Gasteiger partial charge in [0, 0.05) is 16.6 Å². The minimum Gasteiger partial charge on any atom is -0.307 e. The van der Waals surface area contributed by atoms with Crippen molar-refractivity contribution in [3.05, 3.63) is 34.3 Å². The second kappa shape index (κ2) is 6.41. The summed E-state index contributed by atoms with van der Waals surface area (Å²) in [6.45, 7) is 9.01. The van der Waals surface area contributed by atoms with Crippen molar-refractivity contribution >= 4 is 15.9 Å². The number of hydrogen-bond donors (Lipinski definition) is 1. The van der Waals surface area contributed by atoms with Gasteiger partial charge in [0.05, 0.1) is 0 Å². The third-order valence-corrected chi connectivity index (χ3v) is 3.80. The van der Waals surface area contributed by atoms with E-state index in [1.54, 1.807) is 0 Å². The second-order valence-corrected chi connectivity index (χ2v) is 5.52. The molecule has 1 rings (SSSR count). The molecule has 16 heavy (non-hydrogen) atoms. The van der Waals surface area contributed by atoms with E-state index in [2.05, 4.69) is 73.2 Å². The van der Waals surface area contributed by atoms with Crippen molar-refractivity contribution < 1.29 is 0 Å². The Hall–Kier alpha value is -0.340. The summed E-state index contributed by atoms with van der Waals surface area (Å²) in [7, 11) is 0. The quantitative estimate of drug-likeness (QED) is 0.837. The third-order valence-electron chi connectivity index (χ3n) is 3.08. The monoisotopic (exact) mass is 283 g/mol. The number of nitrogens with one attached hydrogen (secondary N) is 1. The zero-order valence-corrected chi connectivity index (χ0v) is 12.2. The SMILES string of the molecule is CCC(N[C@H](C)c1ccccc1Br)C(C)C. The lowest BCUT2D eigenvalue weighted by atomic mass is 9.99. The fraction of sp³-hybridized carbons (Fsp3) is 0.571. The highest BCUT2D eigenvalue weighted by molar-refractivity contribution is 9.10. The molecule has 0 amide bonds. The summed E-state index contributed by atoms with van der Waals surface area (Å²) in [6, 6.07) is 9.40. The molecular weight excluding hydrogens is 262 g/mol. The molecule has 1 nitrogen and oxygen atoms in total.